The molecule has 1 N–H and O–H groups in total. The molecule has 9 aromatic carbocycles. The summed E-state index contributed by atoms with van der Waals surface area (Å²) in [5.74, 6) is 1.18. The van der Waals surface area contributed by atoms with E-state index in [9.17, 15) is 0 Å². The number of benzene rings is 9. The predicted molar refractivity (Wildman–Crippen MR) is 302 cm³/mol. The lowest BCUT2D eigenvalue weighted by Crippen LogP contribution is -2.19. The second-order valence-electron chi connectivity index (χ2n) is 20.4. The Balaban J connectivity index is 1.06. The van der Waals surface area contributed by atoms with E-state index in [4.69, 9.17) is 9.97 Å². The Kier molecular flexibility index (Phi) is 10.6. The minimum Gasteiger partial charge on any atom is -0.354 e. The van der Waals surface area contributed by atoms with Crippen molar-refractivity contribution in [2.45, 2.75) is 46.2 Å². The Hall–Kier alpha value is -9.01. The third kappa shape index (κ3) is 7.54. The summed E-state index contributed by atoms with van der Waals surface area (Å²) in [6.45, 7) is 10.7. The van der Waals surface area contributed by atoms with E-state index >= 15 is 13.2 Å². The third-order valence-electron chi connectivity index (χ3n) is 15.3. The molecule has 0 aliphatic carbocycles. The highest BCUT2D eigenvalue weighted by atomic mass is 19.4. The van der Waals surface area contributed by atoms with Crippen molar-refractivity contribution in [3.8, 4) is 56.3 Å². The van der Waals surface area contributed by atoms with Crippen LogP contribution in [0.1, 0.15) is 47.2 Å². The largest absolute Gasteiger partial charge is 0.416 e. The Bertz CT molecular complexity index is 4370. The Labute approximate surface area is 432 Å². The summed E-state index contributed by atoms with van der Waals surface area (Å²) in [6.07, 6.45) is -2.75. The van der Waals surface area contributed by atoms with Crippen LogP contribution in [0.25, 0.3) is 111 Å². The molecule has 0 radical (unpaired) electrons. The molecule has 13 aromatic rings. The highest BCUT2D eigenvalue weighted by Gasteiger charge is 2.35. The number of nitrogens with zero attached hydrogens (tertiary/aromatic N) is 4. The van der Waals surface area contributed by atoms with E-state index in [1.165, 1.54) is 34.4 Å². The summed E-state index contributed by atoms with van der Waals surface area (Å²) < 4.78 is 50.5. The van der Waals surface area contributed by atoms with E-state index < -0.39 is 17.2 Å². The molecule has 5 nitrogen and oxygen atoms in total. The van der Waals surface area contributed by atoms with Crippen LogP contribution in [0, 0.1) is 20.8 Å². The number of alkyl halides is 3. The van der Waals surface area contributed by atoms with Gasteiger partial charge < -0.3 is 4.98 Å². The van der Waals surface area contributed by atoms with Gasteiger partial charge in [-0.3, -0.25) is 9.13 Å². The standard InChI is InChI=1S/C67H50F3N5/c1-40-33-41(2)61(42(3)34-40)46-31-32-71-60(37-46)75-57-30-28-44(43-17-9-6-10-18-43)35-52(57)51-29-27-45(36-59(51)75)50-23-15-26-58-64(50)73-65(74(58)49-21-13-8-14-22-49)54-39-48(67(68,69)70)38-53-62-55(24-16-25-56(62)72-63(53)54)66(4,5)47-19-11-7-12-20-47/h6-39,72H,1-5H3. The predicted octanol–water partition coefficient (Wildman–Crippen LogP) is 18.1. The van der Waals surface area contributed by atoms with Crippen LogP contribution in [0.5, 0.6) is 0 Å². The minimum absolute atomic E-state index is 0.347. The molecule has 0 saturated heterocycles. The zero-order chi connectivity index (χ0) is 51.3. The quantitative estimate of drug-likeness (QED) is 0.165. The highest BCUT2D eigenvalue weighted by molar-refractivity contribution is 6.15. The number of pyridine rings is 1. The molecule has 0 saturated carbocycles. The van der Waals surface area contributed by atoms with Gasteiger partial charge in [0.05, 0.1) is 33.1 Å². The van der Waals surface area contributed by atoms with Gasteiger partial charge in [-0.2, -0.15) is 13.2 Å². The number of fused-ring (bicyclic) bond motifs is 7. The fraction of sp³-hybridized carbons (Fsp3) is 0.104. The lowest BCUT2D eigenvalue weighted by molar-refractivity contribution is -0.137. The first kappa shape index (κ1) is 45.8. The van der Waals surface area contributed by atoms with Crippen LogP contribution in [-0.4, -0.2) is 24.1 Å². The lowest BCUT2D eigenvalue weighted by atomic mass is 9.76. The average Bonchev–Trinajstić information content (AvgIpc) is 4.16. The number of para-hydroxylation sites is 2. The maximum atomic E-state index is 15.4. The van der Waals surface area contributed by atoms with Gasteiger partial charge in [-0.25, -0.2) is 9.97 Å². The molecule has 4 heterocycles. The van der Waals surface area contributed by atoms with Gasteiger partial charge in [-0.15, -0.1) is 0 Å². The Morgan fingerprint density at radius 2 is 1.20 bits per heavy atom. The molecule has 75 heavy (non-hydrogen) atoms. The molecule has 0 spiro atoms. The SMILES string of the molecule is Cc1cc(C)c(-c2ccnc(-n3c4ccc(-c5ccccc5)cc4c4ccc(-c5cccc6c5nc(-c5cc(C(F)(F)F)cc7c5[nH]c5cccc(C(C)(C)c8ccccc8)c57)n6-c5ccccc5)cc43)c2)c(C)c1. The zero-order valence-corrected chi connectivity index (χ0v) is 42.1. The summed E-state index contributed by atoms with van der Waals surface area (Å²) in [7, 11) is 0. The van der Waals surface area contributed by atoms with E-state index in [1.807, 2.05) is 95.7 Å². The first-order valence-corrected chi connectivity index (χ1v) is 25.3. The number of imidazole rings is 1. The number of nitrogens with one attached hydrogen (secondary N) is 1. The molecule has 0 unspecified atom stereocenters. The molecular weight excluding hydrogens is 932 g/mol. The van der Waals surface area contributed by atoms with Crippen molar-refractivity contribution >= 4 is 54.6 Å². The Morgan fingerprint density at radius 3 is 1.95 bits per heavy atom. The number of hydrogen-bond acceptors (Lipinski definition) is 2. The van der Waals surface area contributed by atoms with Crippen LogP contribution in [-0.2, 0) is 11.6 Å². The van der Waals surface area contributed by atoms with E-state index in [1.54, 1.807) is 0 Å². The van der Waals surface area contributed by atoms with E-state index in [2.05, 4.69) is 147 Å². The van der Waals surface area contributed by atoms with Gasteiger partial charge in [0.25, 0.3) is 0 Å². The molecule has 13 rings (SSSR count). The molecule has 0 bridgehead atoms. The number of halogens is 3. The zero-order valence-electron chi connectivity index (χ0n) is 42.1. The normalized spacial score (nSPS) is 12.3. The molecule has 364 valence electrons. The fourth-order valence-corrected chi connectivity index (χ4v) is 11.9. The molecule has 0 aliphatic heterocycles. The van der Waals surface area contributed by atoms with E-state index in [-0.39, 0.29) is 0 Å². The van der Waals surface area contributed by atoms with Crippen molar-refractivity contribution in [1.82, 2.24) is 24.1 Å². The van der Waals surface area contributed by atoms with Gasteiger partial charge >= 0.3 is 6.18 Å². The molecule has 0 atom stereocenters. The monoisotopic (exact) mass is 981 g/mol. The van der Waals surface area contributed by atoms with E-state index in [0.717, 1.165) is 88.7 Å². The van der Waals surface area contributed by atoms with Gasteiger partial charge in [0.2, 0.25) is 0 Å². The van der Waals surface area contributed by atoms with Crippen molar-refractivity contribution in [3.05, 3.63) is 240 Å². The molecule has 0 aliphatic rings. The summed E-state index contributed by atoms with van der Waals surface area (Å²) in [4.78, 5) is 14.2. The molecule has 4 aromatic heterocycles. The van der Waals surface area contributed by atoms with Gasteiger partial charge in [0.15, 0.2) is 0 Å². The van der Waals surface area contributed by atoms with Crippen molar-refractivity contribution in [2.75, 3.05) is 0 Å². The van der Waals surface area contributed by atoms with Gasteiger partial charge in [0.1, 0.15) is 11.6 Å². The summed E-state index contributed by atoms with van der Waals surface area (Å²) in [5.41, 5.74) is 16.4. The molecule has 0 amide bonds. The first-order valence-electron chi connectivity index (χ1n) is 25.3. The lowest BCUT2D eigenvalue weighted by Gasteiger charge is -2.27. The number of aryl methyl sites for hydroxylation is 3. The second-order valence-corrected chi connectivity index (χ2v) is 20.4. The molecular formula is C67H50F3N5. The number of aromatic nitrogens is 5. The maximum Gasteiger partial charge on any atom is 0.416 e. The van der Waals surface area contributed by atoms with E-state index in [0.29, 0.717) is 27.8 Å². The molecule has 8 heteroatoms. The summed E-state index contributed by atoms with van der Waals surface area (Å²) >= 11 is 0. The second kappa shape index (κ2) is 17.3. The number of hydrogen-bond donors (Lipinski definition) is 1. The van der Waals surface area contributed by atoms with Crippen LogP contribution in [0.15, 0.2) is 206 Å². The molecule has 0 fully saturated rings. The maximum absolute atomic E-state index is 15.4. The average molecular weight is 982 g/mol. The fourth-order valence-electron chi connectivity index (χ4n) is 11.9. The summed E-state index contributed by atoms with van der Waals surface area (Å²) in [5, 5.41) is 3.38. The number of rotatable bonds is 8. The first-order chi connectivity index (χ1) is 36.3. The highest BCUT2D eigenvalue weighted by Crippen LogP contribution is 2.46. The van der Waals surface area contributed by atoms with Gasteiger partial charge in [-0.05, 0) is 138 Å². The van der Waals surface area contributed by atoms with Crippen LogP contribution in [0.2, 0.25) is 0 Å². The number of H-pyrrole nitrogens is 1. The Morgan fingerprint density at radius 1 is 0.493 bits per heavy atom. The van der Waals surface area contributed by atoms with Crippen molar-refractivity contribution in [2.24, 2.45) is 0 Å². The smallest absolute Gasteiger partial charge is 0.354 e. The number of aromatic amines is 1. The van der Waals surface area contributed by atoms with Gasteiger partial charge in [0, 0.05) is 55.5 Å². The van der Waals surface area contributed by atoms with Crippen molar-refractivity contribution in [3.63, 3.8) is 0 Å². The third-order valence-corrected chi connectivity index (χ3v) is 15.3. The van der Waals surface area contributed by atoms with Gasteiger partial charge in [-0.1, -0.05) is 153 Å². The van der Waals surface area contributed by atoms with Crippen LogP contribution >= 0.6 is 0 Å². The minimum atomic E-state index is -4.65. The van der Waals surface area contributed by atoms with Crippen LogP contribution < -0.4 is 0 Å². The van der Waals surface area contributed by atoms with Crippen LogP contribution in [0.3, 0.4) is 0 Å². The van der Waals surface area contributed by atoms with Crippen molar-refractivity contribution in [1.29, 1.82) is 0 Å². The van der Waals surface area contributed by atoms with Crippen LogP contribution in [0.4, 0.5) is 13.2 Å². The van der Waals surface area contributed by atoms with Crippen molar-refractivity contribution < 1.29 is 13.2 Å². The topological polar surface area (TPSA) is 51.4 Å². The summed E-state index contributed by atoms with van der Waals surface area (Å²) in [6, 6.07) is 66.8.